The van der Waals surface area contributed by atoms with E-state index in [0.717, 1.165) is 0 Å². The fraction of sp³-hybridized carbons (Fsp3) is 0.500. The predicted molar refractivity (Wildman–Crippen MR) is 105 cm³/mol. The van der Waals surface area contributed by atoms with E-state index < -0.39 is 29.9 Å². The van der Waals surface area contributed by atoms with Crippen LogP contribution in [0.25, 0.3) is 0 Å². The van der Waals surface area contributed by atoms with Crippen molar-refractivity contribution in [2.75, 3.05) is 24.7 Å². The fourth-order valence-electron chi connectivity index (χ4n) is 3.15. The minimum atomic E-state index is -1.17. The third-order valence-corrected chi connectivity index (χ3v) is 4.61. The van der Waals surface area contributed by atoms with Crippen molar-refractivity contribution in [1.29, 1.82) is 0 Å². The molecular weight excluding hydrogens is 394 g/mol. The molecule has 2 aliphatic heterocycles. The van der Waals surface area contributed by atoms with Crippen LogP contribution in [0.2, 0.25) is 0 Å². The molecule has 0 radical (unpaired) electrons. The van der Waals surface area contributed by atoms with Crippen LogP contribution in [-0.2, 0) is 19.1 Å². The summed E-state index contributed by atoms with van der Waals surface area (Å²) >= 11 is 0. The van der Waals surface area contributed by atoms with Crippen LogP contribution in [-0.4, -0.2) is 55.7 Å². The molecule has 2 aliphatic rings. The van der Waals surface area contributed by atoms with E-state index in [-0.39, 0.29) is 24.9 Å². The number of anilines is 1. The average molecular weight is 419 g/mol. The number of nitrogens with zero attached hydrogens (tertiary/aromatic N) is 1. The lowest BCUT2D eigenvalue weighted by atomic mass is 10.1. The Morgan fingerprint density at radius 3 is 2.53 bits per heavy atom. The molecule has 162 valence electrons. The number of rotatable bonds is 5. The second-order valence-corrected chi connectivity index (χ2v) is 7.43. The van der Waals surface area contributed by atoms with Gasteiger partial charge in [-0.2, -0.15) is 0 Å². The number of ether oxygens (including phenoxy) is 3. The molecule has 10 nitrogen and oxygen atoms in total. The molecule has 0 unspecified atom stereocenters. The van der Waals surface area contributed by atoms with Gasteiger partial charge in [0, 0.05) is 30.8 Å². The zero-order chi connectivity index (χ0) is 21.8. The third-order valence-electron chi connectivity index (χ3n) is 4.61. The Hall–Kier alpha value is -3.30. The van der Waals surface area contributed by atoms with E-state index in [9.17, 15) is 19.2 Å². The second-order valence-electron chi connectivity index (χ2n) is 7.43. The smallest absolute Gasteiger partial charge is 0.321 e. The first kappa shape index (κ1) is 21.4. The topological polar surface area (TPSA) is 123 Å². The molecule has 2 heterocycles. The van der Waals surface area contributed by atoms with Crippen molar-refractivity contribution in [3.05, 3.63) is 18.2 Å². The minimum absolute atomic E-state index is 0.0323. The summed E-state index contributed by atoms with van der Waals surface area (Å²) in [6.07, 6.45) is -1.20. The van der Waals surface area contributed by atoms with Gasteiger partial charge in [0.05, 0.1) is 5.92 Å². The second kappa shape index (κ2) is 9.02. The first-order valence-electron chi connectivity index (χ1n) is 9.76. The number of esters is 1. The molecule has 2 atom stereocenters. The van der Waals surface area contributed by atoms with Gasteiger partial charge in [0.2, 0.25) is 5.91 Å². The lowest BCUT2D eigenvalue weighted by Crippen LogP contribution is -2.47. The number of hydrogen-bond acceptors (Lipinski definition) is 7. The van der Waals surface area contributed by atoms with E-state index in [2.05, 4.69) is 10.6 Å². The normalized spacial score (nSPS) is 18.7. The number of amides is 4. The number of imide groups is 1. The van der Waals surface area contributed by atoms with E-state index in [1.54, 1.807) is 32.0 Å². The summed E-state index contributed by atoms with van der Waals surface area (Å²) in [6, 6.07) is 4.33. The molecule has 2 N–H and O–H groups in total. The summed E-state index contributed by atoms with van der Waals surface area (Å²) < 4.78 is 16.2. The van der Waals surface area contributed by atoms with E-state index in [0.29, 0.717) is 30.4 Å². The molecule has 0 spiro atoms. The molecule has 10 heteroatoms. The van der Waals surface area contributed by atoms with Crippen molar-refractivity contribution in [1.82, 2.24) is 10.6 Å². The number of nitrogens with one attached hydrogen (secondary N) is 2. The van der Waals surface area contributed by atoms with Crippen LogP contribution < -0.4 is 25.0 Å². The molecule has 0 aromatic heterocycles. The standard InChI is InChI=1S/C20H25N3O7/c1-11(2)21-20(27)22-18(25)12(3)30-19(26)13-8-17(24)23(10-13)14-4-5-15-16(9-14)29-7-6-28-15/h4-5,9,11-13H,6-8,10H2,1-3H3,(H2,21,22,25,27)/t12-,13-/m0/s1. The van der Waals surface area contributed by atoms with Gasteiger partial charge in [0.1, 0.15) is 13.2 Å². The van der Waals surface area contributed by atoms with Crippen LogP contribution in [0, 0.1) is 5.92 Å². The summed E-state index contributed by atoms with van der Waals surface area (Å²) in [5.41, 5.74) is 0.593. The van der Waals surface area contributed by atoms with Gasteiger partial charge in [0.15, 0.2) is 17.6 Å². The maximum absolute atomic E-state index is 12.5. The molecule has 0 saturated carbocycles. The largest absolute Gasteiger partial charge is 0.486 e. The number of urea groups is 1. The number of fused-ring (bicyclic) bond motifs is 1. The Labute approximate surface area is 173 Å². The molecular formula is C20H25N3O7. The maximum atomic E-state index is 12.5. The Bertz CT molecular complexity index is 855. The highest BCUT2D eigenvalue weighted by Gasteiger charge is 2.37. The van der Waals surface area contributed by atoms with Crippen molar-refractivity contribution < 1.29 is 33.4 Å². The quantitative estimate of drug-likeness (QED) is 0.682. The summed E-state index contributed by atoms with van der Waals surface area (Å²) in [7, 11) is 0. The fourth-order valence-corrected chi connectivity index (χ4v) is 3.15. The molecule has 1 saturated heterocycles. The molecule has 4 amide bonds. The predicted octanol–water partition coefficient (Wildman–Crippen LogP) is 0.977. The van der Waals surface area contributed by atoms with Crippen molar-refractivity contribution in [3.8, 4) is 11.5 Å². The highest BCUT2D eigenvalue weighted by Crippen LogP contribution is 2.36. The van der Waals surface area contributed by atoms with Gasteiger partial charge in [-0.1, -0.05) is 0 Å². The van der Waals surface area contributed by atoms with Crippen LogP contribution >= 0.6 is 0 Å². The highest BCUT2D eigenvalue weighted by molar-refractivity contribution is 6.00. The summed E-state index contributed by atoms with van der Waals surface area (Å²) in [5, 5.41) is 4.62. The highest BCUT2D eigenvalue weighted by atomic mass is 16.6. The molecule has 30 heavy (non-hydrogen) atoms. The van der Waals surface area contributed by atoms with E-state index in [4.69, 9.17) is 14.2 Å². The van der Waals surface area contributed by atoms with Crippen molar-refractivity contribution in [2.45, 2.75) is 39.3 Å². The molecule has 1 fully saturated rings. The van der Waals surface area contributed by atoms with Gasteiger partial charge >= 0.3 is 12.0 Å². The molecule has 3 rings (SSSR count). The summed E-state index contributed by atoms with van der Waals surface area (Å²) in [5.74, 6) is -1.21. The Morgan fingerprint density at radius 2 is 1.83 bits per heavy atom. The van der Waals surface area contributed by atoms with Crippen LogP contribution in [0.5, 0.6) is 11.5 Å². The van der Waals surface area contributed by atoms with Gasteiger partial charge in [0.25, 0.3) is 5.91 Å². The van der Waals surface area contributed by atoms with Gasteiger partial charge in [-0.05, 0) is 32.9 Å². The lowest BCUT2D eigenvalue weighted by molar-refractivity contribution is -0.158. The molecule has 1 aromatic carbocycles. The zero-order valence-corrected chi connectivity index (χ0v) is 17.1. The number of carbonyl (C=O) groups is 4. The average Bonchev–Trinajstić information content (AvgIpc) is 3.08. The molecule has 1 aromatic rings. The Kier molecular flexibility index (Phi) is 6.43. The van der Waals surface area contributed by atoms with Crippen LogP contribution in [0.3, 0.4) is 0 Å². The van der Waals surface area contributed by atoms with Crippen LogP contribution in [0.4, 0.5) is 10.5 Å². The monoisotopic (exact) mass is 419 g/mol. The molecule has 0 bridgehead atoms. The van der Waals surface area contributed by atoms with Crippen molar-refractivity contribution in [3.63, 3.8) is 0 Å². The van der Waals surface area contributed by atoms with E-state index >= 15 is 0 Å². The van der Waals surface area contributed by atoms with Gasteiger partial charge in [-0.3, -0.25) is 19.7 Å². The third kappa shape index (κ3) is 5.00. The van der Waals surface area contributed by atoms with Crippen molar-refractivity contribution >= 4 is 29.5 Å². The first-order chi connectivity index (χ1) is 14.2. The summed E-state index contributed by atoms with van der Waals surface area (Å²) in [4.78, 5) is 50.0. The first-order valence-corrected chi connectivity index (χ1v) is 9.76. The van der Waals surface area contributed by atoms with E-state index in [1.165, 1.54) is 11.8 Å². The van der Waals surface area contributed by atoms with Crippen molar-refractivity contribution in [2.24, 2.45) is 5.92 Å². The number of carbonyl (C=O) groups excluding carboxylic acids is 4. The summed E-state index contributed by atoms with van der Waals surface area (Å²) in [6.45, 7) is 5.88. The minimum Gasteiger partial charge on any atom is -0.486 e. The molecule has 0 aliphatic carbocycles. The van der Waals surface area contributed by atoms with Gasteiger partial charge < -0.3 is 24.4 Å². The number of hydrogen-bond donors (Lipinski definition) is 2. The van der Waals surface area contributed by atoms with E-state index in [1.807, 2.05) is 0 Å². The van der Waals surface area contributed by atoms with Gasteiger partial charge in [-0.15, -0.1) is 0 Å². The lowest BCUT2D eigenvalue weighted by Gasteiger charge is -2.22. The zero-order valence-electron chi connectivity index (χ0n) is 17.1. The number of benzene rings is 1. The Morgan fingerprint density at radius 1 is 1.13 bits per heavy atom. The van der Waals surface area contributed by atoms with Crippen LogP contribution in [0.1, 0.15) is 27.2 Å². The van der Waals surface area contributed by atoms with Crippen LogP contribution in [0.15, 0.2) is 18.2 Å². The SMILES string of the molecule is CC(C)NC(=O)NC(=O)[C@H](C)OC(=O)[C@H]1CC(=O)N(c2ccc3c(c2)OCCO3)C1. The Balaban J connectivity index is 1.57. The maximum Gasteiger partial charge on any atom is 0.321 e. The van der Waals surface area contributed by atoms with Gasteiger partial charge in [-0.25, -0.2) is 4.79 Å².